The van der Waals surface area contributed by atoms with Gasteiger partial charge in [0.25, 0.3) is 0 Å². The molecule has 0 unspecified atom stereocenters. The Kier molecular flexibility index (Phi) is 4.57. The van der Waals surface area contributed by atoms with Crippen LogP contribution in [0, 0.1) is 0 Å². The number of benzene rings is 1. The lowest BCUT2D eigenvalue weighted by atomic mass is 10.3. The zero-order valence-electron chi connectivity index (χ0n) is 12.2. The molecule has 1 amide bonds. The Morgan fingerprint density at radius 3 is 3.13 bits per heavy atom. The molecule has 0 spiro atoms. The zero-order chi connectivity index (χ0) is 16.1. The number of hydrogen-bond donors (Lipinski definition) is 1. The predicted molar refractivity (Wildman–Crippen MR) is 83.8 cm³/mol. The molecule has 0 radical (unpaired) electrons. The lowest BCUT2D eigenvalue weighted by molar-refractivity contribution is -0.113. The minimum absolute atomic E-state index is 0.176. The topological polar surface area (TPSA) is 95.1 Å². The van der Waals surface area contributed by atoms with Crippen molar-refractivity contribution < 1.29 is 14.1 Å². The van der Waals surface area contributed by atoms with E-state index in [-0.39, 0.29) is 11.7 Å². The molecule has 3 aromatic rings. The van der Waals surface area contributed by atoms with E-state index in [0.717, 1.165) is 11.4 Å². The van der Waals surface area contributed by atoms with E-state index in [0.29, 0.717) is 11.0 Å². The highest BCUT2D eigenvalue weighted by atomic mass is 32.2. The van der Waals surface area contributed by atoms with Crippen LogP contribution in [0.2, 0.25) is 0 Å². The molecule has 1 N–H and O–H groups in total. The fourth-order valence-corrected chi connectivity index (χ4v) is 2.58. The fraction of sp³-hybridized carbons (Fsp3) is 0.143. The summed E-state index contributed by atoms with van der Waals surface area (Å²) in [6, 6.07) is 9.07. The minimum atomic E-state index is -0.205. The highest BCUT2D eigenvalue weighted by Gasteiger charge is 2.11. The molecule has 0 atom stereocenters. The number of carbonyl (C=O) groups excluding carboxylic acids is 1. The van der Waals surface area contributed by atoms with Crippen LogP contribution < -0.4 is 10.1 Å². The average molecular weight is 331 g/mol. The Morgan fingerprint density at radius 1 is 1.43 bits per heavy atom. The van der Waals surface area contributed by atoms with E-state index in [1.807, 2.05) is 24.3 Å². The SMILES string of the molecule is COc1cccc(-n2cnnc2SCC(=O)Nc2ccon2)c1. The van der Waals surface area contributed by atoms with E-state index in [9.17, 15) is 4.79 Å². The maximum atomic E-state index is 11.9. The highest BCUT2D eigenvalue weighted by Crippen LogP contribution is 2.22. The van der Waals surface area contributed by atoms with Gasteiger partial charge in [-0.25, -0.2) is 0 Å². The normalized spacial score (nSPS) is 10.5. The van der Waals surface area contributed by atoms with E-state index < -0.39 is 0 Å². The maximum absolute atomic E-state index is 11.9. The molecule has 118 valence electrons. The van der Waals surface area contributed by atoms with Gasteiger partial charge in [0, 0.05) is 12.1 Å². The van der Waals surface area contributed by atoms with Crippen molar-refractivity contribution in [2.75, 3.05) is 18.2 Å². The molecule has 3 rings (SSSR count). The van der Waals surface area contributed by atoms with Crippen molar-refractivity contribution in [2.45, 2.75) is 5.16 Å². The summed E-state index contributed by atoms with van der Waals surface area (Å²) in [6.45, 7) is 0. The number of ether oxygens (including phenoxy) is 1. The van der Waals surface area contributed by atoms with E-state index in [4.69, 9.17) is 4.74 Å². The summed E-state index contributed by atoms with van der Waals surface area (Å²) in [6.07, 6.45) is 2.98. The Bertz CT molecular complexity index is 787. The lowest BCUT2D eigenvalue weighted by Gasteiger charge is -2.07. The van der Waals surface area contributed by atoms with Gasteiger partial charge in [0.1, 0.15) is 18.3 Å². The van der Waals surface area contributed by atoms with Crippen LogP contribution in [0.25, 0.3) is 5.69 Å². The molecule has 0 fully saturated rings. The van der Waals surface area contributed by atoms with Crippen molar-refractivity contribution in [3.05, 3.63) is 42.9 Å². The Balaban J connectivity index is 1.67. The number of anilines is 1. The minimum Gasteiger partial charge on any atom is -0.497 e. The van der Waals surface area contributed by atoms with Gasteiger partial charge in [-0.2, -0.15) is 0 Å². The number of nitrogens with zero attached hydrogens (tertiary/aromatic N) is 4. The summed E-state index contributed by atoms with van der Waals surface area (Å²) in [5.74, 6) is 1.08. The molecule has 1 aromatic carbocycles. The monoisotopic (exact) mass is 331 g/mol. The van der Waals surface area contributed by atoms with Crippen molar-refractivity contribution in [1.82, 2.24) is 19.9 Å². The lowest BCUT2D eigenvalue weighted by Crippen LogP contribution is -2.14. The van der Waals surface area contributed by atoms with Gasteiger partial charge in [-0.15, -0.1) is 10.2 Å². The molecule has 0 aliphatic heterocycles. The molecule has 0 aliphatic carbocycles. The van der Waals surface area contributed by atoms with E-state index in [2.05, 4.69) is 25.2 Å². The molecule has 2 heterocycles. The quantitative estimate of drug-likeness (QED) is 0.690. The summed E-state index contributed by atoms with van der Waals surface area (Å²) < 4.78 is 11.7. The highest BCUT2D eigenvalue weighted by molar-refractivity contribution is 7.99. The number of methoxy groups -OCH3 is 1. The molecular weight excluding hydrogens is 318 g/mol. The molecule has 23 heavy (non-hydrogen) atoms. The number of carbonyl (C=O) groups is 1. The molecule has 0 saturated carbocycles. The van der Waals surface area contributed by atoms with Gasteiger partial charge in [0.2, 0.25) is 5.91 Å². The van der Waals surface area contributed by atoms with Gasteiger partial charge in [-0.3, -0.25) is 9.36 Å². The van der Waals surface area contributed by atoms with Crippen molar-refractivity contribution in [1.29, 1.82) is 0 Å². The van der Waals surface area contributed by atoms with Crippen molar-refractivity contribution in [2.24, 2.45) is 0 Å². The van der Waals surface area contributed by atoms with Crippen LogP contribution in [-0.4, -0.2) is 38.7 Å². The third kappa shape index (κ3) is 3.69. The van der Waals surface area contributed by atoms with E-state index >= 15 is 0 Å². The van der Waals surface area contributed by atoms with Gasteiger partial charge in [0.15, 0.2) is 11.0 Å². The van der Waals surface area contributed by atoms with Crippen LogP contribution in [0.3, 0.4) is 0 Å². The summed E-state index contributed by atoms with van der Waals surface area (Å²) in [7, 11) is 1.61. The predicted octanol–water partition coefficient (Wildman–Crippen LogP) is 1.99. The van der Waals surface area contributed by atoms with Gasteiger partial charge in [0.05, 0.1) is 18.6 Å². The standard InChI is InChI=1S/C14H13N5O3S/c1-21-11-4-2-3-10(7-11)19-9-15-17-14(19)23-8-13(20)16-12-5-6-22-18-12/h2-7,9H,8H2,1H3,(H,16,18,20). The first-order chi connectivity index (χ1) is 11.3. The van der Waals surface area contributed by atoms with Crippen LogP contribution in [0.1, 0.15) is 0 Å². The van der Waals surface area contributed by atoms with Gasteiger partial charge in [-0.1, -0.05) is 23.0 Å². The van der Waals surface area contributed by atoms with Gasteiger partial charge < -0.3 is 14.6 Å². The number of thioether (sulfide) groups is 1. The van der Waals surface area contributed by atoms with E-state index in [1.165, 1.54) is 18.0 Å². The van der Waals surface area contributed by atoms with Crippen LogP contribution in [0.15, 0.2) is 52.6 Å². The second-order valence-corrected chi connectivity index (χ2v) is 5.35. The second-order valence-electron chi connectivity index (χ2n) is 4.41. The molecule has 0 saturated heterocycles. The number of nitrogens with one attached hydrogen (secondary N) is 1. The van der Waals surface area contributed by atoms with Crippen LogP contribution in [0.5, 0.6) is 5.75 Å². The van der Waals surface area contributed by atoms with E-state index in [1.54, 1.807) is 24.1 Å². The molecule has 9 heteroatoms. The first kappa shape index (κ1) is 15.1. The molecule has 0 aliphatic rings. The second kappa shape index (κ2) is 6.97. The molecule has 0 bridgehead atoms. The number of aromatic nitrogens is 4. The smallest absolute Gasteiger partial charge is 0.236 e. The van der Waals surface area contributed by atoms with Crippen LogP contribution >= 0.6 is 11.8 Å². The molecular formula is C14H13N5O3S. The molecule has 8 nitrogen and oxygen atoms in total. The third-order valence-electron chi connectivity index (χ3n) is 2.89. The molecule has 2 aromatic heterocycles. The summed E-state index contributed by atoms with van der Waals surface area (Å²) in [4.78, 5) is 11.9. The summed E-state index contributed by atoms with van der Waals surface area (Å²) in [5, 5.41) is 14.8. The van der Waals surface area contributed by atoms with Crippen LogP contribution in [-0.2, 0) is 4.79 Å². The average Bonchev–Trinajstić information content (AvgIpc) is 3.24. The number of hydrogen-bond acceptors (Lipinski definition) is 7. The Hall–Kier alpha value is -2.81. The third-order valence-corrected chi connectivity index (χ3v) is 3.83. The van der Waals surface area contributed by atoms with Gasteiger partial charge >= 0.3 is 0 Å². The first-order valence-electron chi connectivity index (χ1n) is 6.64. The van der Waals surface area contributed by atoms with Gasteiger partial charge in [-0.05, 0) is 12.1 Å². The van der Waals surface area contributed by atoms with Crippen molar-refractivity contribution in [3.63, 3.8) is 0 Å². The van der Waals surface area contributed by atoms with Crippen molar-refractivity contribution in [3.8, 4) is 11.4 Å². The number of rotatable bonds is 6. The van der Waals surface area contributed by atoms with Crippen LogP contribution in [0.4, 0.5) is 5.82 Å². The Labute approximate surface area is 135 Å². The number of amides is 1. The Morgan fingerprint density at radius 2 is 2.35 bits per heavy atom. The largest absolute Gasteiger partial charge is 0.497 e. The van der Waals surface area contributed by atoms with Crippen molar-refractivity contribution >= 4 is 23.5 Å². The summed E-state index contributed by atoms with van der Waals surface area (Å²) in [5.41, 5.74) is 0.855. The first-order valence-corrected chi connectivity index (χ1v) is 7.62. The maximum Gasteiger partial charge on any atom is 0.236 e. The summed E-state index contributed by atoms with van der Waals surface area (Å²) >= 11 is 1.27. The fourth-order valence-electron chi connectivity index (χ4n) is 1.85. The zero-order valence-corrected chi connectivity index (χ0v) is 13.0.